The summed E-state index contributed by atoms with van der Waals surface area (Å²) in [6.45, 7) is 0.273. The number of hydrogen-bond acceptors (Lipinski definition) is 3. The van der Waals surface area contributed by atoms with Gasteiger partial charge in [0, 0.05) is 12.6 Å². The fourth-order valence-electron chi connectivity index (χ4n) is 4.22. The molecule has 2 aromatic carbocycles. The fourth-order valence-corrected chi connectivity index (χ4v) is 4.22. The van der Waals surface area contributed by atoms with Crippen LogP contribution >= 0.6 is 0 Å². The van der Waals surface area contributed by atoms with Gasteiger partial charge in [-0.1, -0.05) is 25.0 Å². The normalized spacial score (nSPS) is 14.9. The van der Waals surface area contributed by atoms with E-state index in [0.717, 1.165) is 25.7 Å². The van der Waals surface area contributed by atoms with E-state index in [4.69, 9.17) is 9.84 Å². The van der Waals surface area contributed by atoms with E-state index in [9.17, 15) is 18.0 Å². The lowest BCUT2D eigenvalue weighted by Crippen LogP contribution is -2.12. The number of aromatic nitrogens is 2. The summed E-state index contributed by atoms with van der Waals surface area (Å²) in [6.07, 6.45) is 0.669. The number of aryl methyl sites for hydroxylation is 1. The van der Waals surface area contributed by atoms with E-state index in [-0.39, 0.29) is 25.5 Å². The Morgan fingerprint density at radius 1 is 1.16 bits per heavy atom. The SMILES string of the molecule is O=C(O)CCn1cnc2ccc(OCc3ccc(C4CCCC4)c(C(F)(F)F)c3)cc21. The molecule has 0 atom stereocenters. The van der Waals surface area contributed by atoms with Crippen LogP contribution in [0.1, 0.15) is 54.7 Å². The average Bonchev–Trinajstić information content (AvgIpc) is 3.40. The Labute approximate surface area is 177 Å². The number of carbonyl (C=O) groups is 1. The Morgan fingerprint density at radius 3 is 2.65 bits per heavy atom. The lowest BCUT2D eigenvalue weighted by atomic mass is 9.91. The number of alkyl halides is 3. The van der Waals surface area contributed by atoms with Gasteiger partial charge in [0.1, 0.15) is 12.4 Å². The van der Waals surface area contributed by atoms with Crippen molar-refractivity contribution in [1.29, 1.82) is 0 Å². The van der Waals surface area contributed by atoms with Gasteiger partial charge in [0.25, 0.3) is 0 Å². The average molecular weight is 432 g/mol. The molecular weight excluding hydrogens is 409 g/mol. The molecule has 1 aliphatic carbocycles. The number of carboxylic acids is 1. The standard InChI is InChI=1S/C23H23F3N2O3/c24-23(25,26)19-11-15(5-7-18(19)16-3-1-2-4-16)13-31-17-6-8-20-21(12-17)28(14-27-20)10-9-22(29)30/h5-8,11-12,14,16H,1-4,9-10,13H2,(H,29,30). The molecule has 0 unspecified atom stereocenters. The van der Waals surface area contributed by atoms with Gasteiger partial charge in [0.15, 0.2) is 0 Å². The second-order valence-electron chi connectivity index (χ2n) is 7.92. The van der Waals surface area contributed by atoms with Crippen LogP contribution in [0.5, 0.6) is 5.75 Å². The van der Waals surface area contributed by atoms with Gasteiger partial charge in [-0.3, -0.25) is 4.79 Å². The minimum Gasteiger partial charge on any atom is -0.489 e. The third kappa shape index (κ3) is 4.84. The summed E-state index contributed by atoms with van der Waals surface area (Å²) in [5.74, 6) is -0.450. The lowest BCUT2D eigenvalue weighted by Gasteiger charge is -2.19. The molecule has 1 saturated carbocycles. The molecule has 31 heavy (non-hydrogen) atoms. The molecule has 4 rings (SSSR count). The molecule has 0 spiro atoms. The quantitative estimate of drug-likeness (QED) is 0.515. The highest BCUT2D eigenvalue weighted by molar-refractivity contribution is 5.77. The number of nitrogens with zero attached hydrogens (tertiary/aromatic N) is 2. The van der Waals surface area contributed by atoms with E-state index in [1.54, 1.807) is 41.2 Å². The Bertz CT molecular complexity index is 1090. The van der Waals surface area contributed by atoms with Gasteiger partial charge in [0.2, 0.25) is 0 Å². The van der Waals surface area contributed by atoms with Crippen molar-refractivity contribution < 1.29 is 27.8 Å². The van der Waals surface area contributed by atoms with E-state index in [1.807, 2.05) is 0 Å². The first kappa shape index (κ1) is 21.2. The third-order valence-corrected chi connectivity index (χ3v) is 5.78. The molecule has 1 fully saturated rings. The Kier molecular flexibility index (Phi) is 5.89. The number of rotatable bonds is 7. The van der Waals surface area contributed by atoms with Gasteiger partial charge < -0.3 is 14.4 Å². The molecular formula is C23H23F3N2O3. The molecule has 0 aliphatic heterocycles. The predicted molar refractivity (Wildman–Crippen MR) is 109 cm³/mol. The molecule has 0 saturated heterocycles. The van der Waals surface area contributed by atoms with E-state index >= 15 is 0 Å². The maximum Gasteiger partial charge on any atom is 0.416 e. The van der Waals surface area contributed by atoms with Crippen LogP contribution in [0, 0.1) is 0 Å². The maximum absolute atomic E-state index is 13.7. The van der Waals surface area contributed by atoms with E-state index in [1.165, 1.54) is 6.07 Å². The van der Waals surface area contributed by atoms with Crippen molar-refractivity contribution in [3.8, 4) is 5.75 Å². The van der Waals surface area contributed by atoms with Crippen LogP contribution < -0.4 is 4.74 Å². The first-order valence-electron chi connectivity index (χ1n) is 10.3. The van der Waals surface area contributed by atoms with Gasteiger partial charge in [-0.2, -0.15) is 13.2 Å². The molecule has 0 bridgehead atoms. The number of ether oxygens (including phenoxy) is 1. The van der Waals surface area contributed by atoms with Crippen LogP contribution in [-0.2, 0) is 24.1 Å². The minimum atomic E-state index is -4.40. The molecule has 3 aromatic rings. The molecule has 1 aliphatic rings. The summed E-state index contributed by atoms with van der Waals surface area (Å²) < 4.78 is 48.5. The number of benzene rings is 2. The first-order chi connectivity index (χ1) is 14.8. The van der Waals surface area contributed by atoms with Crippen molar-refractivity contribution in [3.63, 3.8) is 0 Å². The summed E-state index contributed by atoms with van der Waals surface area (Å²) in [5, 5.41) is 8.88. The smallest absolute Gasteiger partial charge is 0.416 e. The van der Waals surface area contributed by atoms with E-state index in [0.29, 0.717) is 27.9 Å². The molecule has 0 radical (unpaired) electrons. The Morgan fingerprint density at radius 2 is 1.94 bits per heavy atom. The Balaban J connectivity index is 1.52. The number of fused-ring (bicyclic) bond motifs is 1. The summed E-state index contributed by atoms with van der Waals surface area (Å²) >= 11 is 0. The summed E-state index contributed by atoms with van der Waals surface area (Å²) in [4.78, 5) is 15.1. The zero-order valence-electron chi connectivity index (χ0n) is 16.9. The summed E-state index contributed by atoms with van der Waals surface area (Å²) in [7, 11) is 0. The van der Waals surface area contributed by atoms with Gasteiger partial charge in [-0.25, -0.2) is 4.98 Å². The zero-order valence-corrected chi connectivity index (χ0v) is 16.9. The number of carboxylic acid groups (broad SMARTS) is 1. The highest BCUT2D eigenvalue weighted by Gasteiger charge is 2.36. The van der Waals surface area contributed by atoms with Gasteiger partial charge in [-0.15, -0.1) is 0 Å². The summed E-state index contributed by atoms with van der Waals surface area (Å²) in [6, 6.07) is 9.67. The van der Waals surface area contributed by atoms with Crippen LogP contribution in [0.15, 0.2) is 42.7 Å². The molecule has 0 amide bonds. The molecule has 1 N–H and O–H groups in total. The second kappa shape index (κ2) is 8.61. The van der Waals surface area contributed by atoms with Crippen LogP contribution in [0.4, 0.5) is 13.2 Å². The minimum absolute atomic E-state index is 0.00277. The molecule has 1 heterocycles. The number of halogens is 3. The van der Waals surface area contributed by atoms with Crippen molar-refractivity contribution in [3.05, 3.63) is 59.4 Å². The lowest BCUT2D eigenvalue weighted by molar-refractivity contribution is -0.139. The third-order valence-electron chi connectivity index (χ3n) is 5.78. The molecule has 8 heteroatoms. The summed E-state index contributed by atoms with van der Waals surface area (Å²) in [5.41, 5.74) is 1.68. The maximum atomic E-state index is 13.7. The van der Waals surface area contributed by atoms with Crippen molar-refractivity contribution in [2.45, 2.75) is 57.3 Å². The van der Waals surface area contributed by atoms with E-state index < -0.39 is 17.7 Å². The predicted octanol–water partition coefficient (Wildman–Crippen LogP) is 5.77. The van der Waals surface area contributed by atoms with Crippen LogP contribution in [0.3, 0.4) is 0 Å². The largest absolute Gasteiger partial charge is 0.489 e. The number of aliphatic carboxylic acids is 1. The number of hydrogen-bond donors (Lipinski definition) is 1. The van der Waals surface area contributed by atoms with Crippen molar-refractivity contribution in [2.24, 2.45) is 0 Å². The first-order valence-corrected chi connectivity index (χ1v) is 10.3. The van der Waals surface area contributed by atoms with Gasteiger partial charge >= 0.3 is 12.1 Å². The van der Waals surface area contributed by atoms with Crippen molar-refractivity contribution in [1.82, 2.24) is 9.55 Å². The van der Waals surface area contributed by atoms with Gasteiger partial charge in [0.05, 0.1) is 29.3 Å². The van der Waals surface area contributed by atoms with Crippen LogP contribution in [0.25, 0.3) is 11.0 Å². The van der Waals surface area contributed by atoms with E-state index in [2.05, 4.69) is 4.98 Å². The molecule has 164 valence electrons. The van der Waals surface area contributed by atoms with Crippen LogP contribution in [0.2, 0.25) is 0 Å². The highest BCUT2D eigenvalue weighted by Crippen LogP contribution is 2.42. The molecule has 1 aromatic heterocycles. The number of imidazole rings is 1. The topological polar surface area (TPSA) is 64.3 Å². The zero-order chi connectivity index (χ0) is 22.0. The Hall–Kier alpha value is -3.03. The van der Waals surface area contributed by atoms with Crippen molar-refractivity contribution >= 4 is 17.0 Å². The second-order valence-corrected chi connectivity index (χ2v) is 7.92. The van der Waals surface area contributed by atoms with Gasteiger partial charge in [-0.05, 0) is 48.1 Å². The highest BCUT2D eigenvalue weighted by atomic mass is 19.4. The monoisotopic (exact) mass is 432 g/mol. The fraction of sp³-hybridized carbons (Fsp3) is 0.391. The molecule has 5 nitrogen and oxygen atoms in total. The van der Waals surface area contributed by atoms with Crippen LogP contribution in [-0.4, -0.2) is 20.6 Å². The van der Waals surface area contributed by atoms with Crippen molar-refractivity contribution in [2.75, 3.05) is 0 Å².